The summed E-state index contributed by atoms with van der Waals surface area (Å²) >= 11 is 0. The number of carboxylic acids is 1. The largest absolute Gasteiger partial charge is 0.481 e. The van der Waals surface area contributed by atoms with Gasteiger partial charge < -0.3 is 5.11 Å². The summed E-state index contributed by atoms with van der Waals surface area (Å²) in [5.74, 6) is -0.697. The topological polar surface area (TPSA) is 80.9 Å². The minimum Gasteiger partial charge on any atom is -0.481 e. The Hall–Kier alpha value is -1.46. The van der Waals surface area contributed by atoms with Crippen LogP contribution in [-0.2, 0) is 18.3 Å². The van der Waals surface area contributed by atoms with Gasteiger partial charge in [-0.2, -0.15) is 0 Å². The highest BCUT2D eigenvalue weighted by molar-refractivity contribution is 5.69. The molecule has 0 aliphatic heterocycles. The van der Waals surface area contributed by atoms with Crippen LogP contribution in [0.4, 0.5) is 0 Å². The van der Waals surface area contributed by atoms with Gasteiger partial charge in [-0.05, 0) is 10.4 Å². The zero-order chi connectivity index (χ0) is 9.14. The molecule has 0 bridgehead atoms. The average Bonchev–Trinajstić information content (AvgIpc) is 2.36. The van der Waals surface area contributed by atoms with Crippen molar-refractivity contribution in [2.24, 2.45) is 13.0 Å². The Morgan fingerprint density at radius 3 is 2.83 bits per heavy atom. The summed E-state index contributed by atoms with van der Waals surface area (Å²) in [5.41, 5.74) is 0. The third-order valence-electron chi connectivity index (χ3n) is 1.62. The number of rotatable bonds is 3. The van der Waals surface area contributed by atoms with E-state index in [1.54, 1.807) is 14.0 Å². The predicted molar refractivity (Wildman–Crippen MR) is 39.3 cm³/mol. The smallest absolute Gasteiger partial charge is 0.306 e. The molecule has 1 unspecified atom stereocenters. The molecule has 1 heterocycles. The minimum absolute atomic E-state index is 0.360. The third-order valence-corrected chi connectivity index (χ3v) is 1.62. The van der Waals surface area contributed by atoms with Crippen LogP contribution in [0.15, 0.2) is 0 Å². The summed E-state index contributed by atoms with van der Waals surface area (Å²) in [4.78, 5) is 10.5. The van der Waals surface area contributed by atoms with Gasteiger partial charge in [0.2, 0.25) is 0 Å². The first-order valence-electron chi connectivity index (χ1n) is 3.55. The summed E-state index contributed by atoms with van der Waals surface area (Å²) in [6, 6.07) is 0. The summed E-state index contributed by atoms with van der Waals surface area (Å²) in [7, 11) is 1.68. The lowest BCUT2D eigenvalue weighted by molar-refractivity contribution is -0.141. The molecule has 0 saturated carbocycles. The van der Waals surface area contributed by atoms with Crippen LogP contribution < -0.4 is 0 Å². The maximum Gasteiger partial charge on any atom is 0.306 e. The standard InChI is InChI=1S/C6H10N4O2/c1-4(6(11)12)3-5-7-8-9-10(5)2/h4H,3H2,1-2H3,(H,11,12). The number of carboxylic acid groups (broad SMARTS) is 1. The molecular weight excluding hydrogens is 160 g/mol. The van der Waals surface area contributed by atoms with Crippen molar-refractivity contribution in [2.45, 2.75) is 13.3 Å². The van der Waals surface area contributed by atoms with Gasteiger partial charge in [0.25, 0.3) is 0 Å². The second kappa shape index (κ2) is 3.29. The zero-order valence-electron chi connectivity index (χ0n) is 6.93. The van der Waals surface area contributed by atoms with Crippen LogP contribution in [-0.4, -0.2) is 31.3 Å². The number of hydrogen-bond acceptors (Lipinski definition) is 4. The molecular formula is C6H10N4O2. The SMILES string of the molecule is CC(Cc1nnnn1C)C(=O)O. The van der Waals surface area contributed by atoms with Crippen LogP contribution in [0, 0.1) is 5.92 Å². The molecule has 1 atom stereocenters. The van der Waals surface area contributed by atoms with Gasteiger partial charge in [0.15, 0.2) is 5.82 Å². The molecule has 6 nitrogen and oxygen atoms in total. The lowest BCUT2D eigenvalue weighted by Gasteiger charge is -2.02. The second-order valence-corrected chi connectivity index (χ2v) is 2.66. The highest BCUT2D eigenvalue weighted by atomic mass is 16.4. The van der Waals surface area contributed by atoms with Gasteiger partial charge >= 0.3 is 5.97 Å². The molecule has 0 aliphatic rings. The normalized spacial score (nSPS) is 12.8. The number of aliphatic carboxylic acids is 1. The molecule has 0 spiro atoms. The fourth-order valence-electron chi connectivity index (χ4n) is 0.782. The molecule has 1 aromatic rings. The maximum atomic E-state index is 10.5. The lowest BCUT2D eigenvalue weighted by Crippen LogP contribution is -2.15. The fraction of sp³-hybridized carbons (Fsp3) is 0.667. The van der Waals surface area contributed by atoms with Crippen LogP contribution in [0.2, 0.25) is 0 Å². The van der Waals surface area contributed by atoms with Crippen molar-refractivity contribution in [1.82, 2.24) is 20.2 Å². The van der Waals surface area contributed by atoms with Gasteiger partial charge in [-0.25, -0.2) is 4.68 Å². The van der Waals surface area contributed by atoms with Gasteiger partial charge in [0, 0.05) is 13.5 Å². The van der Waals surface area contributed by atoms with Crippen LogP contribution in [0.25, 0.3) is 0 Å². The van der Waals surface area contributed by atoms with Crippen LogP contribution >= 0.6 is 0 Å². The number of aromatic nitrogens is 4. The Bertz CT molecular complexity index is 283. The highest BCUT2D eigenvalue weighted by Crippen LogP contribution is 2.03. The Labute approximate surface area is 69.2 Å². The molecule has 1 N–H and O–H groups in total. The van der Waals surface area contributed by atoms with Gasteiger partial charge in [-0.15, -0.1) is 5.10 Å². The Morgan fingerprint density at radius 2 is 2.42 bits per heavy atom. The quantitative estimate of drug-likeness (QED) is 0.659. The molecule has 6 heteroatoms. The maximum absolute atomic E-state index is 10.5. The van der Waals surface area contributed by atoms with Crippen molar-refractivity contribution in [1.29, 1.82) is 0 Å². The van der Waals surface area contributed by atoms with E-state index in [1.165, 1.54) is 4.68 Å². The van der Waals surface area contributed by atoms with E-state index >= 15 is 0 Å². The second-order valence-electron chi connectivity index (χ2n) is 2.66. The van der Waals surface area contributed by atoms with Crippen molar-refractivity contribution < 1.29 is 9.90 Å². The lowest BCUT2D eigenvalue weighted by atomic mass is 10.1. The van der Waals surface area contributed by atoms with E-state index < -0.39 is 11.9 Å². The van der Waals surface area contributed by atoms with E-state index in [0.717, 1.165) is 0 Å². The van der Waals surface area contributed by atoms with Crippen molar-refractivity contribution >= 4 is 5.97 Å². The first-order valence-corrected chi connectivity index (χ1v) is 3.55. The number of tetrazole rings is 1. The first kappa shape index (κ1) is 8.63. The number of hydrogen-bond donors (Lipinski definition) is 1. The van der Waals surface area contributed by atoms with Crippen molar-refractivity contribution in [3.63, 3.8) is 0 Å². The van der Waals surface area contributed by atoms with Crippen molar-refractivity contribution in [3.05, 3.63) is 5.82 Å². The molecule has 0 amide bonds. The Kier molecular flexibility index (Phi) is 2.37. The average molecular weight is 170 g/mol. The van der Waals surface area contributed by atoms with E-state index in [9.17, 15) is 4.79 Å². The van der Waals surface area contributed by atoms with Gasteiger partial charge in [0.05, 0.1) is 5.92 Å². The van der Waals surface area contributed by atoms with E-state index in [0.29, 0.717) is 12.2 Å². The summed E-state index contributed by atoms with van der Waals surface area (Å²) < 4.78 is 1.47. The molecule has 1 aromatic heterocycles. The van der Waals surface area contributed by atoms with E-state index in [-0.39, 0.29) is 0 Å². The monoisotopic (exact) mass is 170 g/mol. The van der Waals surface area contributed by atoms with E-state index in [4.69, 9.17) is 5.11 Å². The number of nitrogens with zero attached hydrogens (tertiary/aromatic N) is 4. The van der Waals surface area contributed by atoms with Gasteiger partial charge in [-0.3, -0.25) is 4.79 Å². The fourth-order valence-corrected chi connectivity index (χ4v) is 0.782. The molecule has 0 aromatic carbocycles. The first-order chi connectivity index (χ1) is 5.61. The summed E-state index contributed by atoms with van der Waals surface area (Å²) in [5, 5.41) is 19.3. The van der Waals surface area contributed by atoms with E-state index in [2.05, 4.69) is 15.5 Å². The summed E-state index contributed by atoms with van der Waals surface area (Å²) in [6.45, 7) is 1.62. The van der Waals surface area contributed by atoms with Gasteiger partial charge in [0.1, 0.15) is 0 Å². The number of aryl methyl sites for hydroxylation is 1. The third kappa shape index (κ3) is 1.77. The Balaban J connectivity index is 2.64. The van der Waals surface area contributed by atoms with E-state index in [1.807, 2.05) is 0 Å². The molecule has 0 fully saturated rings. The van der Waals surface area contributed by atoms with Crippen LogP contribution in [0.1, 0.15) is 12.7 Å². The molecule has 1 rings (SSSR count). The predicted octanol–water partition coefficient (Wildman–Crippen LogP) is -0.527. The molecule has 0 radical (unpaired) electrons. The molecule has 0 aliphatic carbocycles. The molecule has 66 valence electrons. The minimum atomic E-state index is -0.835. The van der Waals surface area contributed by atoms with Crippen molar-refractivity contribution in [3.8, 4) is 0 Å². The number of carbonyl (C=O) groups is 1. The zero-order valence-corrected chi connectivity index (χ0v) is 6.93. The van der Waals surface area contributed by atoms with Crippen LogP contribution in [0.3, 0.4) is 0 Å². The van der Waals surface area contributed by atoms with Gasteiger partial charge in [-0.1, -0.05) is 6.92 Å². The Morgan fingerprint density at radius 1 is 1.75 bits per heavy atom. The van der Waals surface area contributed by atoms with Crippen molar-refractivity contribution in [2.75, 3.05) is 0 Å². The van der Waals surface area contributed by atoms with Crippen LogP contribution in [0.5, 0.6) is 0 Å². The highest BCUT2D eigenvalue weighted by Gasteiger charge is 2.14. The molecule has 0 saturated heterocycles. The molecule has 12 heavy (non-hydrogen) atoms. The summed E-state index contributed by atoms with van der Waals surface area (Å²) in [6.07, 6.45) is 0.360.